The summed E-state index contributed by atoms with van der Waals surface area (Å²) in [7, 11) is -3.91. The van der Waals surface area contributed by atoms with Crippen LogP contribution in [0.5, 0.6) is 0 Å². The van der Waals surface area contributed by atoms with Gasteiger partial charge >= 0.3 is 0 Å². The topological polar surface area (TPSA) is 78.8 Å². The van der Waals surface area contributed by atoms with Crippen LogP contribution in [0.4, 0.5) is 5.69 Å². The summed E-state index contributed by atoms with van der Waals surface area (Å²) in [5, 5.41) is 3.87. The summed E-state index contributed by atoms with van der Waals surface area (Å²) >= 11 is 0. The van der Waals surface area contributed by atoms with Gasteiger partial charge in [-0.1, -0.05) is 43.7 Å². The molecule has 0 fully saturated rings. The Labute approximate surface area is 167 Å². The van der Waals surface area contributed by atoms with Crippen LogP contribution in [0, 0.1) is 6.92 Å². The largest absolute Gasteiger partial charge is 0.271 e. The lowest BCUT2D eigenvalue weighted by Crippen LogP contribution is -2.39. The van der Waals surface area contributed by atoms with Gasteiger partial charge in [-0.15, -0.1) is 0 Å². The van der Waals surface area contributed by atoms with Crippen LogP contribution in [0.3, 0.4) is 0 Å². The van der Waals surface area contributed by atoms with Gasteiger partial charge in [0.05, 0.1) is 10.6 Å². The highest BCUT2D eigenvalue weighted by molar-refractivity contribution is 7.92. The molecule has 0 radical (unpaired) electrons. The lowest BCUT2D eigenvalue weighted by molar-refractivity contribution is -0.119. The molecule has 150 valence electrons. The first-order valence-electron chi connectivity index (χ1n) is 9.10. The van der Waals surface area contributed by atoms with Crippen LogP contribution in [0.25, 0.3) is 0 Å². The molecule has 0 aliphatic heterocycles. The summed E-state index contributed by atoms with van der Waals surface area (Å²) in [5.41, 5.74) is 5.53. The highest BCUT2D eigenvalue weighted by Gasteiger charge is 2.27. The van der Waals surface area contributed by atoms with E-state index in [0.29, 0.717) is 17.3 Å². The van der Waals surface area contributed by atoms with E-state index >= 15 is 0 Å². The number of aryl methyl sites for hydroxylation is 1. The van der Waals surface area contributed by atoms with E-state index < -0.39 is 15.9 Å². The van der Waals surface area contributed by atoms with Crippen molar-refractivity contribution in [3.8, 4) is 0 Å². The van der Waals surface area contributed by atoms with Gasteiger partial charge in [-0.05, 0) is 56.5 Å². The number of rotatable bonds is 7. The van der Waals surface area contributed by atoms with Gasteiger partial charge in [-0.2, -0.15) is 5.10 Å². The van der Waals surface area contributed by atoms with Gasteiger partial charge in [0, 0.05) is 5.71 Å². The van der Waals surface area contributed by atoms with E-state index in [1.54, 1.807) is 50.2 Å². The highest BCUT2D eigenvalue weighted by atomic mass is 32.2. The van der Waals surface area contributed by atoms with Crippen LogP contribution < -0.4 is 9.73 Å². The zero-order valence-corrected chi connectivity index (χ0v) is 17.7. The number of carbonyl (C=O) groups excluding carboxylic acids is 1. The lowest BCUT2D eigenvalue weighted by Gasteiger charge is -2.24. The minimum absolute atomic E-state index is 0.133. The number of nitrogens with zero attached hydrogens (tertiary/aromatic N) is 2. The normalized spacial score (nSPS) is 11.2. The molecule has 1 N–H and O–H groups in total. The Morgan fingerprint density at radius 2 is 1.61 bits per heavy atom. The van der Waals surface area contributed by atoms with Crippen LogP contribution in [0.1, 0.15) is 44.7 Å². The first-order chi connectivity index (χ1) is 13.1. The molecule has 28 heavy (non-hydrogen) atoms. The van der Waals surface area contributed by atoms with Crippen LogP contribution in [-0.2, 0) is 14.8 Å². The quantitative estimate of drug-likeness (QED) is 0.566. The van der Waals surface area contributed by atoms with Crippen LogP contribution in [0.2, 0.25) is 0 Å². The van der Waals surface area contributed by atoms with Gasteiger partial charge < -0.3 is 0 Å². The maximum absolute atomic E-state index is 13.2. The number of benzene rings is 2. The average Bonchev–Trinajstić information content (AvgIpc) is 2.64. The summed E-state index contributed by atoms with van der Waals surface area (Å²) < 4.78 is 27.6. The van der Waals surface area contributed by atoms with Crippen molar-refractivity contribution in [3.63, 3.8) is 0 Å². The molecule has 0 saturated heterocycles. The number of amides is 1. The van der Waals surface area contributed by atoms with Gasteiger partial charge in [0.15, 0.2) is 0 Å². The molecule has 0 atom stereocenters. The Balaban J connectivity index is 2.44. The Morgan fingerprint density at radius 3 is 2.11 bits per heavy atom. The molecule has 0 heterocycles. The van der Waals surface area contributed by atoms with E-state index in [9.17, 15) is 13.2 Å². The van der Waals surface area contributed by atoms with Crippen LogP contribution in [-0.4, -0.2) is 26.6 Å². The maximum Gasteiger partial charge on any atom is 0.264 e. The molecular weight excluding hydrogens is 374 g/mol. The molecule has 0 spiro atoms. The number of hydrazone groups is 1. The summed E-state index contributed by atoms with van der Waals surface area (Å²) in [6.45, 7) is 9.13. The molecule has 0 aliphatic carbocycles. The molecule has 0 aliphatic rings. The van der Waals surface area contributed by atoms with E-state index in [1.165, 1.54) is 0 Å². The van der Waals surface area contributed by atoms with E-state index in [0.717, 1.165) is 15.4 Å². The Bertz CT molecular complexity index is 943. The SMILES string of the molecule is CC(C)=NNC(=O)CN(c1ccc(C(C)C)cc1)S(=O)(=O)c1ccc(C)cc1. The Hall–Kier alpha value is -2.67. The van der Waals surface area contributed by atoms with E-state index in [2.05, 4.69) is 24.4 Å². The molecule has 2 rings (SSSR count). The Morgan fingerprint density at radius 1 is 1.04 bits per heavy atom. The minimum atomic E-state index is -3.91. The lowest BCUT2D eigenvalue weighted by atomic mass is 10.0. The molecular formula is C21H27N3O3S. The van der Waals surface area contributed by atoms with Crippen molar-refractivity contribution in [1.29, 1.82) is 0 Å². The molecule has 6 nitrogen and oxygen atoms in total. The van der Waals surface area contributed by atoms with Crippen LogP contribution >= 0.6 is 0 Å². The van der Waals surface area contributed by atoms with Gasteiger partial charge in [-0.3, -0.25) is 9.10 Å². The molecule has 1 amide bonds. The van der Waals surface area contributed by atoms with E-state index in [-0.39, 0.29) is 11.4 Å². The maximum atomic E-state index is 13.2. The predicted octanol–water partition coefficient (Wildman–Crippen LogP) is 3.83. The highest BCUT2D eigenvalue weighted by Crippen LogP contribution is 2.26. The zero-order chi connectivity index (χ0) is 20.9. The number of nitrogens with one attached hydrogen (secondary N) is 1. The number of hydrogen-bond donors (Lipinski definition) is 1. The van der Waals surface area contributed by atoms with E-state index in [4.69, 9.17) is 0 Å². The molecule has 0 bridgehead atoms. The molecule has 2 aromatic rings. The molecule has 0 unspecified atom stereocenters. The number of anilines is 1. The Kier molecular flexibility index (Phi) is 6.96. The van der Waals surface area contributed by atoms with Gasteiger partial charge in [0.2, 0.25) is 0 Å². The second kappa shape index (κ2) is 9.01. The van der Waals surface area contributed by atoms with Crippen molar-refractivity contribution < 1.29 is 13.2 Å². The van der Waals surface area contributed by atoms with Crippen molar-refractivity contribution in [2.24, 2.45) is 5.10 Å². The van der Waals surface area contributed by atoms with Crippen molar-refractivity contribution in [1.82, 2.24) is 5.43 Å². The van der Waals surface area contributed by atoms with Crippen LogP contribution in [0.15, 0.2) is 58.5 Å². The third-order valence-electron chi connectivity index (χ3n) is 4.15. The third-order valence-corrected chi connectivity index (χ3v) is 5.94. The predicted molar refractivity (Wildman–Crippen MR) is 113 cm³/mol. The van der Waals surface area contributed by atoms with Gasteiger partial charge in [0.1, 0.15) is 6.54 Å². The standard InChI is InChI=1S/C21H27N3O3S/c1-15(2)18-8-10-19(11-9-18)24(14-21(25)23-22-16(3)4)28(26,27)20-12-6-17(5)7-13-20/h6-13,15H,14H2,1-5H3,(H,23,25). The first kappa shape index (κ1) is 21.6. The summed E-state index contributed by atoms with van der Waals surface area (Å²) in [4.78, 5) is 12.4. The van der Waals surface area contributed by atoms with Gasteiger partial charge in [-0.25, -0.2) is 13.8 Å². The number of hydrogen-bond acceptors (Lipinski definition) is 4. The summed E-state index contributed by atoms with van der Waals surface area (Å²) in [5.74, 6) is -0.189. The average molecular weight is 402 g/mol. The minimum Gasteiger partial charge on any atom is -0.271 e. The summed E-state index contributed by atoms with van der Waals surface area (Å²) in [6, 6.07) is 13.8. The summed E-state index contributed by atoms with van der Waals surface area (Å²) in [6.07, 6.45) is 0. The molecule has 0 aromatic heterocycles. The van der Waals surface area contributed by atoms with E-state index in [1.807, 2.05) is 19.1 Å². The fourth-order valence-corrected chi connectivity index (χ4v) is 3.94. The zero-order valence-electron chi connectivity index (χ0n) is 16.9. The number of carbonyl (C=O) groups is 1. The fourth-order valence-electron chi connectivity index (χ4n) is 2.52. The fraction of sp³-hybridized carbons (Fsp3) is 0.333. The first-order valence-corrected chi connectivity index (χ1v) is 10.5. The second-order valence-electron chi connectivity index (χ2n) is 7.16. The monoisotopic (exact) mass is 401 g/mol. The van der Waals surface area contributed by atoms with Crippen molar-refractivity contribution in [2.75, 3.05) is 10.8 Å². The van der Waals surface area contributed by atoms with Crippen molar-refractivity contribution >= 4 is 27.3 Å². The molecule has 7 heteroatoms. The van der Waals surface area contributed by atoms with Crippen molar-refractivity contribution in [3.05, 3.63) is 59.7 Å². The van der Waals surface area contributed by atoms with Gasteiger partial charge in [0.25, 0.3) is 15.9 Å². The second-order valence-corrected chi connectivity index (χ2v) is 9.03. The van der Waals surface area contributed by atoms with Crippen molar-refractivity contribution in [2.45, 2.75) is 45.4 Å². The smallest absolute Gasteiger partial charge is 0.264 e. The molecule has 0 saturated carbocycles. The molecule has 2 aromatic carbocycles. The third kappa shape index (κ3) is 5.42. The number of sulfonamides is 1.